The van der Waals surface area contributed by atoms with Crippen molar-refractivity contribution in [3.63, 3.8) is 0 Å². The number of hydrogen-bond donors (Lipinski definition) is 1. The molecule has 1 saturated heterocycles. The predicted octanol–water partition coefficient (Wildman–Crippen LogP) is 4.12. The predicted molar refractivity (Wildman–Crippen MR) is 108 cm³/mol. The fourth-order valence-corrected chi connectivity index (χ4v) is 4.77. The van der Waals surface area contributed by atoms with E-state index in [2.05, 4.69) is 27.3 Å². The summed E-state index contributed by atoms with van der Waals surface area (Å²) in [5.74, 6) is 1.45. The number of carbonyl (C=O) groups excluding carboxylic acids is 1. The van der Waals surface area contributed by atoms with Crippen LogP contribution in [0, 0.1) is 0 Å². The highest BCUT2D eigenvalue weighted by Crippen LogP contribution is 2.40. The molecule has 1 aromatic carbocycles. The molecule has 0 spiro atoms. The third-order valence-electron chi connectivity index (χ3n) is 5.03. The van der Waals surface area contributed by atoms with Crippen molar-refractivity contribution in [2.24, 2.45) is 0 Å². The summed E-state index contributed by atoms with van der Waals surface area (Å²) in [5.41, 5.74) is 0.996. The summed E-state index contributed by atoms with van der Waals surface area (Å²) in [6.07, 6.45) is 5.13. The molecule has 4 rings (SSSR count). The van der Waals surface area contributed by atoms with Crippen molar-refractivity contribution in [1.82, 2.24) is 5.32 Å². The van der Waals surface area contributed by atoms with Crippen molar-refractivity contribution < 1.29 is 19.0 Å². The van der Waals surface area contributed by atoms with Gasteiger partial charge in [-0.1, -0.05) is 6.07 Å². The Hall–Kier alpha value is -1.83. The minimum absolute atomic E-state index is 0.0915. The average Bonchev–Trinajstić information content (AvgIpc) is 3.33. The molecule has 0 atom stereocenters. The SMILES string of the molecule is O=C(/C=C/c1ccc(Br)s1)NCC1(c2ccc3c(c2)OCO3)CCOCC1. The second-order valence-electron chi connectivity index (χ2n) is 6.65. The van der Waals surface area contributed by atoms with Crippen LogP contribution in [-0.4, -0.2) is 32.5 Å². The Morgan fingerprint density at radius 3 is 2.78 bits per heavy atom. The van der Waals surface area contributed by atoms with E-state index < -0.39 is 0 Å². The van der Waals surface area contributed by atoms with Gasteiger partial charge in [0.05, 0.1) is 3.79 Å². The van der Waals surface area contributed by atoms with Crippen molar-refractivity contribution in [1.29, 1.82) is 0 Å². The van der Waals surface area contributed by atoms with Crippen LogP contribution in [0.15, 0.2) is 40.2 Å². The van der Waals surface area contributed by atoms with Crippen LogP contribution in [0.3, 0.4) is 0 Å². The van der Waals surface area contributed by atoms with E-state index in [4.69, 9.17) is 14.2 Å². The van der Waals surface area contributed by atoms with Gasteiger partial charge in [-0.05, 0) is 64.7 Å². The minimum Gasteiger partial charge on any atom is -0.454 e. The molecular weight excluding hydrogens is 430 g/mol. The number of fused-ring (bicyclic) bond motifs is 1. The molecule has 5 nitrogen and oxygen atoms in total. The van der Waals surface area contributed by atoms with Crippen LogP contribution in [0.1, 0.15) is 23.3 Å². The fraction of sp³-hybridized carbons (Fsp3) is 0.350. The highest BCUT2D eigenvalue weighted by molar-refractivity contribution is 9.11. The molecule has 0 bridgehead atoms. The molecule has 2 aliphatic heterocycles. The van der Waals surface area contributed by atoms with Crippen LogP contribution in [0.5, 0.6) is 11.5 Å². The van der Waals surface area contributed by atoms with Gasteiger partial charge < -0.3 is 19.5 Å². The third-order valence-corrected chi connectivity index (χ3v) is 6.62. The zero-order chi connectivity index (χ0) is 18.7. The Labute approximate surface area is 170 Å². The lowest BCUT2D eigenvalue weighted by atomic mass is 9.74. The van der Waals surface area contributed by atoms with E-state index in [9.17, 15) is 4.79 Å². The molecule has 1 N–H and O–H groups in total. The Morgan fingerprint density at radius 2 is 2.00 bits per heavy atom. The summed E-state index contributed by atoms with van der Waals surface area (Å²) in [4.78, 5) is 13.4. The van der Waals surface area contributed by atoms with E-state index in [0.717, 1.165) is 38.6 Å². The van der Waals surface area contributed by atoms with Gasteiger partial charge in [-0.3, -0.25) is 4.79 Å². The van der Waals surface area contributed by atoms with Crippen molar-refractivity contribution in [2.45, 2.75) is 18.3 Å². The van der Waals surface area contributed by atoms with Crippen LogP contribution >= 0.6 is 27.3 Å². The van der Waals surface area contributed by atoms with E-state index in [1.54, 1.807) is 17.4 Å². The highest BCUT2D eigenvalue weighted by atomic mass is 79.9. The quantitative estimate of drug-likeness (QED) is 0.697. The van der Waals surface area contributed by atoms with E-state index in [-0.39, 0.29) is 18.1 Å². The van der Waals surface area contributed by atoms with Crippen molar-refractivity contribution in [2.75, 3.05) is 26.6 Å². The first-order chi connectivity index (χ1) is 13.1. The molecule has 3 heterocycles. The number of hydrogen-bond acceptors (Lipinski definition) is 5. The fourth-order valence-electron chi connectivity index (χ4n) is 3.45. The zero-order valence-corrected chi connectivity index (χ0v) is 17.1. The zero-order valence-electron chi connectivity index (χ0n) is 14.7. The number of ether oxygens (including phenoxy) is 3. The van der Waals surface area contributed by atoms with E-state index in [1.807, 2.05) is 30.3 Å². The molecule has 7 heteroatoms. The number of carbonyl (C=O) groups is 1. The number of thiophene rings is 1. The van der Waals surface area contributed by atoms with Gasteiger partial charge in [0.2, 0.25) is 12.7 Å². The van der Waals surface area contributed by atoms with Crippen LogP contribution in [0.2, 0.25) is 0 Å². The van der Waals surface area contributed by atoms with Crippen LogP contribution < -0.4 is 14.8 Å². The lowest BCUT2D eigenvalue weighted by molar-refractivity contribution is -0.116. The van der Waals surface area contributed by atoms with Gasteiger partial charge in [0, 0.05) is 36.1 Å². The monoisotopic (exact) mass is 449 g/mol. The number of rotatable bonds is 5. The minimum atomic E-state index is -0.158. The van der Waals surface area contributed by atoms with Crippen LogP contribution in [-0.2, 0) is 14.9 Å². The first kappa shape index (κ1) is 18.5. The lowest BCUT2D eigenvalue weighted by Crippen LogP contribution is -2.44. The van der Waals surface area contributed by atoms with Gasteiger partial charge in [-0.15, -0.1) is 11.3 Å². The molecular formula is C20H20BrNO4S. The van der Waals surface area contributed by atoms with Gasteiger partial charge in [-0.2, -0.15) is 0 Å². The largest absolute Gasteiger partial charge is 0.454 e. The third kappa shape index (κ3) is 4.20. The molecule has 2 aliphatic rings. The second kappa shape index (κ2) is 8.04. The van der Waals surface area contributed by atoms with E-state index in [1.165, 1.54) is 0 Å². The highest BCUT2D eigenvalue weighted by Gasteiger charge is 2.35. The molecule has 27 heavy (non-hydrogen) atoms. The first-order valence-electron chi connectivity index (χ1n) is 8.84. The topological polar surface area (TPSA) is 56.8 Å². The Morgan fingerprint density at radius 1 is 1.19 bits per heavy atom. The standard InChI is InChI=1S/C20H20BrNO4S/c21-18-5-2-15(27-18)3-6-19(23)22-12-20(7-9-24-10-8-20)14-1-4-16-17(11-14)26-13-25-16/h1-6,11H,7-10,12-13H2,(H,22,23)/b6-3+. The molecule has 0 aliphatic carbocycles. The molecule has 2 aromatic rings. The maximum absolute atomic E-state index is 12.3. The summed E-state index contributed by atoms with van der Waals surface area (Å²) < 4.78 is 17.6. The maximum atomic E-state index is 12.3. The molecule has 0 saturated carbocycles. The van der Waals surface area contributed by atoms with Crippen molar-refractivity contribution in [3.05, 3.63) is 50.6 Å². The maximum Gasteiger partial charge on any atom is 0.244 e. The molecule has 1 amide bonds. The van der Waals surface area contributed by atoms with Crippen LogP contribution in [0.4, 0.5) is 0 Å². The Kier molecular flexibility index (Phi) is 5.52. The van der Waals surface area contributed by atoms with Gasteiger partial charge in [-0.25, -0.2) is 0 Å². The molecule has 0 unspecified atom stereocenters. The average molecular weight is 450 g/mol. The first-order valence-corrected chi connectivity index (χ1v) is 10.4. The van der Waals surface area contributed by atoms with E-state index >= 15 is 0 Å². The number of amides is 1. The van der Waals surface area contributed by atoms with Gasteiger partial charge in [0.25, 0.3) is 0 Å². The molecule has 1 aromatic heterocycles. The Bertz CT molecular complexity index is 857. The summed E-state index contributed by atoms with van der Waals surface area (Å²) in [6, 6.07) is 10.0. The molecule has 1 fully saturated rings. The van der Waals surface area contributed by atoms with E-state index in [0.29, 0.717) is 19.8 Å². The second-order valence-corrected chi connectivity index (χ2v) is 9.15. The van der Waals surface area contributed by atoms with Gasteiger partial charge >= 0.3 is 0 Å². The summed E-state index contributed by atoms with van der Waals surface area (Å²) >= 11 is 5.02. The Balaban J connectivity index is 1.47. The van der Waals surface area contributed by atoms with Crippen molar-refractivity contribution in [3.8, 4) is 11.5 Å². The van der Waals surface area contributed by atoms with Gasteiger partial charge in [0.15, 0.2) is 11.5 Å². The summed E-state index contributed by atoms with van der Waals surface area (Å²) in [6.45, 7) is 2.19. The number of nitrogens with one attached hydrogen (secondary N) is 1. The molecule has 142 valence electrons. The lowest BCUT2D eigenvalue weighted by Gasteiger charge is -2.38. The number of benzene rings is 1. The molecule has 0 radical (unpaired) electrons. The summed E-state index contributed by atoms with van der Waals surface area (Å²) in [5, 5.41) is 3.08. The normalized spacial score (nSPS) is 18.0. The van der Waals surface area contributed by atoms with Gasteiger partial charge in [0.1, 0.15) is 0 Å². The van der Waals surface area contributed by atoms with Crippen molar-refractivity contribution >= 4 is 39.2 Å². The number of halogens is 1. The smallest absolute Gasteiger partial charge is 0.244 e. The summed E-state index contributed by atoms with van der Waals surface area (Å²) in [7, 11) is 0. The van der Waals surface area contributed by atoms with Crippen LogP contribution in [0.25, 0.3) is 6.08 Å².